The van der Waals surface area contributed by atoms with Crippen molar-refractivity contribution in [2.24, 2.45) is 0 Å². The van der Waals surface area contributed by atoms with Crippen LogP contribution in [-0.2, 0) is 16.1 Å². The Labute approximate surface area is 176 Å². The van der Waals surface area contributed by atoms with Crippen LogP contribution in [0, 0.1) is 13.8 Å². The summed E-state index contributed by atoms with van der Waals surface area (Å²) in [7, 11) is 0. The third kappa shape index (κ3) is 3.74. The third-order valence-electron chi connectivity index (χ3n) is 3.93. The van der Waals surface area contributed by atoms with Gasteiger partial charge in [0.2, 0.25) is 0 Å². The second-order valence-corrected chi connectivity index (χ2v) is 5.39. The van der Waals surface area contributed by atoms with Crippen LogP contribution in [0.3, 0.4) is 0 Å². The van der Waals surface area contributed by atoms with Crippen molar-refractivity contribution in [3.05, 3.63) is 65.6 Å². The second kappa shape index (κ2) is 8.83. The van der Waals surface area contributed by atoms with Gasteiger partial charge in [0.1, 0.15) is 5.52 Å². The topological polar surface area (TPSA) is 99.2 Å². The van der Waals surface area contributed by atoms with Gasteiger partial charge in [0.25, 0.3) is 5.56 Å². The first-order chi connectivity index (χ1) is 12.6. The number of aromatic nitrogens is 5. The molecular formula is C18H14N5NaO3. The molecule has 9 heteroatoms. The summed E-state index contributed by atoms with van der Waals surface area (Å²) >= 11 is 0. The van der Waals surface area contributed by atoms with Crippen LogP contribution in [-0.4, -0.2) is 30.5 Å². The van der Waals surface area contributed by atoms with Crippen LogP contribution in [0.2, 0.25) is 0 Å². The molecule has 4 rings (SSSR count). The maximum Gasteiger partial charge on any atom is 1.00 e. The standard InChI is InChI=1S/C17H14N5O.CO2.Na/c1-3-21-10-9-13-15(17(21)23)18-19-16-14(11(2)20-22(13)16)12-7-5-4-6-8-12;2-1-3;/h4-10H,1,3H2,2H3;;/q-1;;+1. The first kappa shape index (κ1) is 20.7. The molecule has 4 aromatic rings. The van der Waals surface area contributed by atoms with Gasteiger partial charge in [-0.05, 0) is 18.6 Å². The fourth-order valence-electron chi connectivity index (χ4n) is 2.81. The van der Waals surface area contributed by atoms with Gasteiger partial charge in [0.15, 0.2) is 11.2 Å². The van der Waals surface area contributed by atoms with E-state index in [1.807, 2.05) is 43.3 Å². The molecule has 0 aliphatic carbocycles. The molecule has 0 fully saturated rings. The number of aryl methyl sites for hydroxylation is 1. The number of hydrogen-bond donors (Lipinski definition) is 0. The van der Waals surface area contributed by atoms with Gasteiger partial charge in [-0.2, -0.15) is 14.7 Å². The minimum atomic E-state index is -0.207. The molecule has 0 saturated carbocycles. The largest absolute Gasteiger partial charge is 1.00 e. The van der Waals surface area contributed by atoms with Gasteiger partial charge in [-0.1, -0.05) is 30.3 Å². The molecule has 0 aliphatic rings. The van der Waals surface area contributed by atoms with E-state index < -0.39 is 0 Å². The predicted octanol–water partition coefficient (Wildman–Crippen LogP) is -1.33. The van der Waals surface area contributed by atoms with Crippen LogP contribution >= 0.6 is 0 Å². The number of pyridine rings is 1. The van der Waals surface area contributed by atoms with E-state index in [4.69, 9.17) is 9.59 Å². The summed E-state index contributed by atoms with van der Waals surface area (Å²) in [4.78, 5) is 28.6. The van der Waals surface area contributed by atoms with Gasteiger partial charge in [-0.3, -0.25) is 4.79 Å². The fourth-order valence-corrected chi connectivity index (χ4v) is 2.81. The Bertz CT molecular complexity index is 1180. The summed E-state index contributed by atoms with van der Waals surface area (Å²) < 4.78 is 3.19. The molecule has 0 amide bonds. The molecule has 0 radical (unpaired) electrons. The molecule has 27 heavy (non-hydrogen) atoms. The minimum Gasteiger partial charge on any atom is -0.344 e. The van der Waals surface area contributed by atoms with Gasteiger partial charge in [0, 0.05) is 6.20 Å². The molecule has 0 bridgehead atoms. The maximum atomic E-state index is 12.3. The number of carbonyl (C=O) groups excluding carboxylic acids is 2. The van der Waals surface area contributed by atoms with E-state index in [1.54, 1.807) is 10.7 Å². The molecule has 130 valence electrons. The summed E-state index contributed by atoms with van der Waals surface area (Å²) in [6.07, 6.45) is 1.96. The molecule has 3 heterocycles. The number of nitrogens with zero attached hydrogens (tertiary/aromatic N) is 5. The smallest absolute Gasteiger partial charge is 0.344 e. The average Bonchev–Trinajstić information content (AvgIpc) is 2.99. The molecule has 8 nitrogen and oxygen atoms in total. The zero-order chi connectivity index (χ0) is 18.7. The Hall–Kier alpha value is -2.64. The Morgan fingerprint density at radius 3 is 2.41 bits per heavy atom. The van der Waals surface area contributed by atoms with E-state index in [0.717, 1.165) is 16.8 Å². The molecule has 1 aromatic carbocycles. The molecule has 0 saturated heterocycles. The predicted molar refractivity (Wildman–Crippen MR) is 93.1 cm³/mol. The van der Waals surface area contributed by atoms with Crippen LogP contribution in [0.1, 0.15) is 5.69 Å². The number of fused-ring (bicyclic) bond motifs is 3. The monoisotopic (exact) mass is 371 g/mol. The zero-order valence-electron chi connectivity index (χ0n) is 14.9. The molecule has 3 aromatic heterocycles. The van der Waals surface area contributed by atoms with Crippen LogP contribution in [0.4, 0.5) is 0 Å². The number of hydrogen-bond acceptors (Lipinski definition) is 6. The summed E-state index contributed by atoms with van der Waals surface area (Å²) in [6.45, 7) is 6.02. The summed E-state index contributed by atoms with van der Waals surface area (Å²) in [6, 6.07) is 11.8. The van der Waals surface area contributed by atoms with Crippen LogP contribution in [0.25, 0.3) is 27.8 Å². The number of benzene rings is 1. The Kier molecular flexibility index (Phi) is 6.76. The van der Waals surface area contributed by atoms with Crippen molar-refractivity contribution in [1.82, 2.24) is 24.4 Å². The summed E-state index contributed by atoms with van der Waals surface area (Å²) in [5.41, 5.74) is 4.19. The van der Waals surface area contributed by atoms with Crippen molar-refractivity contribution >= 4 is 22.8 Å². The first-order valence-electron chi connectivity index (χ1n) is 7.71. The van der Waals surface area contributed by atoms with E-state index >= 15 is 0 Å². The van der Waals surface area contributed by atoms with Crippen LogP contribution in [0.15, 0.2) is 47.4 Å². The van der Waals surface area contributed by atoms with Crippen molar-refractivity contribution < 1.29 is 39.1 Å². The first-order valence-corrected chi connectivity index (χ1v) is 7.71. The fraction of sp³-hybridized carbons (Fsp3) is 0.111. The SMILES string of the molecule is O=C=O.[CH2-]Cn1ccc2c(nnc3c(-c4ccccc4)c(C)nn32)c1=O.[Na+]. The van der Waals surface area contributed by atoms with E-state index in [2.05, 4.69) is 22.2 Å². The van der Waals surface area contributed by atoms with Crippen molar-refractivity contribution in [1.29, 1.82) is 0 Å². The molecule has 0 N–H and O–H groups in total. The van der Waals surface area contributed by atoms with Gasteiger partial charge < -0.3 is 11.5 Å². The minimum absolute atomic E-state index is 0. The van der Waals surface area contributed by atoms with Crippen molar-refractivity contribution in [3.63, 3.8) is 0 Å². The summed E-state index contributed by atoms with van der Waals surface area (Å²) in [5.74, 6) is 0. The summed E-state index contributed by atoms with van der Waals surface area (Å²) in [5, 5.41) is 13.0. The molecular weight excluding hydrogens is 357 g/mol. The van der Waals surface area contributed by atoms with Gasteiger partial charge in [0.05, 0.1) is 11.3 Å². The molecule has 0 aliphatic heterocycles. The Balaban J connectivity index is 0.000000614. The van der Waals surface area contributed by atoms with E-state index in [9.17, 15) is 4.79 Å². The van der Waals surface area contributed by atoms with Crippen molar-refractivity contribution in [2.75, 3.05) is 0 Å². The Morgan fingerprint density at radius 2 is 1.78 bits per heavy atom. The van der Waals surface area contributed by atoms with Crippen molar-refractivity contribution in [2.45, 2.75) is 13.5 Å². The Morgan fingerprint density at radius 1 is 1.11 bits per heavy atom. The van der Waals surface area contributed by atoms with Crippen LogP contribution in [0.5, 0.6) is 0 Å². The maximum absolute atomic E-state index is 12.3. The third-order valence-corrected chi connectivity index (χ3v) is 3.93. The molecule has 0 spiro atoms. The van der Waals surface area contributed by atoms with E-state index in [0.29, 0.717) is 23.2 Å². The van der Waals surface area contributed by atoms with Gasteiger partial charge >= 0.3 is 35.7 Å². The van der Waals surface area contributed by atoms with Gasteiger partial charge in [-0.15, -0.1) is 16.7 Å². The second-order valence-electron chi connectivity index (χ2n) is 5.39. The molecule has 0 atom stereocenters. The zero-order valence-corrected chi connectivity index (χ0v) is 16.9. The normalized spacial score (nSPS) is 10.0. The quantitative estimate of drug-likeness (QED) is 0.320. The average molecular weight is 371 g/mol. The van der Waals surface area contributed by atoms with E-state index in [-0.39, 0.29) is 41.3 Å². The molecule has 0 unspecified atom stereocenters. The van der Waals surface area contributed by atoms with E-state index in [1.165, 1.54) is 4.57 Å². The van der Waals surface area contributed by atoms with Gasteiger partial charge in [-0.25, -0.2) is 4.52 Å². The number of rotatable bonds is 2. The van der Waals surface area contributed by atoms with Crippen molar-refractivity contribution in [3.8, 4) is 11.1 Å². The van der Waals surface area contributed by atoms with Crippen LogP contribution < -0.4 is 35.1 Å².